The van der Waals surface area contributed by atoms with E-state index in [1.54, 1.807) is 14.2 Å². The van der Waals surface area contributed by atoms with Crippen LogP contribution in [0.3, 0.4) is 0 Å². The molecule has 4 heteroatoms. The molecule has 0 aromatic heterocycles. The first kappa shape index (κ1) is 12.6. The van der Waals surface area contributed by atoms with Crippen LogP contribution in [0.15, 0.2) is 22.7 Å². The van der Waals surface area contributed by atoms with E-state index in [9.17, 15) is 0 Å². The van der Waals surface area contributed by atoms with Gasteiger partial charge in [0.2, 0.25) is 0 Å². The summed E-state index contributed by atoms with van der Waals surface area (Å²) >= 11 is 6.75. The van der Waals surface area contributed by atoms with Crippen molar-refractivity contribution in [3.05, 3.63) is 28.2 Å². The number of halogens is 2. The van der Waals surface area contributed by atoms with Crippen LogP contribution in [-0.2, 0) is 0 Å². The first-order valence-corrected chi connectivity index (χ1v) is 6.28. The largest absolute Gasteiger partial charge is 0.496 e. The van der Waals surface area contributed by atoms with Gasteiger partial charge in [-0.2, -0.15) is 0 Å². The van der Waals surface area contributed by atoms with E-state index in [2.05, 4.69) is 31.9 Å². The minimum Gasteiger partial charge on any atom is -0.496 e. The monoisotopic (exact) mass is 334 g/mol. The number of rotatable bonds is 4. The van der Waals surface area contributed by atoms with E-state index in [-0.39, 0.29) is 0 Å². The van der Waals surface area contributed by atoms with E-state index in [0.717, 1.165) is 26.9 Å². The molecule has 1 aromatic carbocycles. The molecule has 0 saturated carbocycles. The van der Waals surface area contributed by atoms with Crippen molar-refractivity contribution in [2.75, 3.05) is 19.5 Å². The molecule has 0 aliphatic carbocycles. The lowest BCUT2D eigenvalue weighted by molar-refractivity contribution is 0.400. The van der Waals surface area contributed by atoms with Crippen molar-refractivity contribution in [2.45, 2.75) is 0 Å². The summed E-state index contributed by atoms with van der Waals surface area (Å²) in [6.45, 7) is 0. The summed E-state index contributed by atoms with van der Waals surface area (Å²) < 4.78 is 11.4. The van der Waals surface area contributed by atoms with Crippen molar-refractivity contribution in [3.63, 3.8) is 0 Å². The Hall–Kier alpha value is -0.480. The van der Waals surface area contributed by atoms with Crippen molar-refractivity contribution in [1.82, 2.24) is 0 Å². The number of ether oxygens (including phenoxy) is 2. The van der Waals surface area contributed by atoms with Crippen LogP contribution < -0.4 is 9.47 Å². The van der Waals surface area contributed by atoms with Crippen LogP contribution >= 0.6 is 31.9 Å². The Bertz CT molecular complexity index is 362. The molecule has 0 bridgehead atoms. The Morgan fingerprint density at radius 3 is 2.40 bits per heavy atom. The summed E-state index contributed by atoms with van der Waals surface area (Å²) in [7, 11) is 3.30. The highest BCUT2D eigenvalue weighted by atomic mass is 79.9. The van der Waals surface area contributed by atoms with E-state index in [4.69, 9.17) is 9.47 Å². The van der Waals surface area contributed by atoms with E-state index >= 15 is 0 Å². The highest BCUT2D eigenvalue weighted by Gasteiger charge is 2.06. The number of hydrogen-bond acceptors (Lipinski definition) is 2. The smallest absolute Gasteiger partial charge is 0.133 e. The molecule has 0 atom stereocenters. The van der Waals surface area contributed by atoms with Gasteiger partial charge in [0.15, 0.2) is 0 Å². The summed E-state index contributed by atoms with van der Waals surface area (Å²) in [5, 5.41) is 0.814. The molecule has 0 aliphatic heterocycles. The van der Waals surface area contributed by atoms with Gasteiger partial charge in [-0.1, -0.05) is 28.1 Å². The summed E-state index contributed by atoms with van der Waals surface area (Å²) in [6, 6.07) is 3.83. The van der Waals surface area contributed by atoms with Gasteiger partial charge >= 0.3 is 0 Å². The first-order valence-electron chi connectivity index (χ1n) is 4.37. The lowest BCUT2D eigenvalue weighted by atomic mass is 10.2. The fourth-order valence-electron chi connectivity index (χ4n) is 1.19. The Morgan fingerprint density at radius 2 is 1.87 bits per heavy atom. The van der Waals surface area contributed by atoms with Crippen molar-refractivity contribution < 1.29 is 9.47 Å². The fraction of sp³-hybridized carbons (Fsp3) is 0.273. The standard InChI is InChI=1S/C11H12Br2O2/c1-14-10-7-9(13)11(15-2)6-8(10)4-3-5-12/h3-4,6-7H,5H2,1-2H3. The van der Waals surface area contributed by atoms with E-state index in [0.29, 0.717) is 0 Å². The minimum absolute atomic E-state index is 0.796. The van der Waals surface area contributed by atoms with Gasteiger partial charge in [-0.3, -0.25) is 0 Å². The molecule has 0 amide bonds. The summed E-state index contributed by atoms with van der Waals surface area (Å²) in [5.41, 5.74) is 0.997. The first-order chi connectivity index (χ1) is 7.22. The van der Waals surface area contributed by atoms with Crippen LogP contribution in [0.2, 0.25) is 0 Å². The molecule has 2 nitrogen and oxygen atoms in total. The maximum absolute atomic E-state index is 5.27. The van der Waals surface area contributed by atoms with Gasteiger partial charge in [0.05, 0.1) is 18.7 Å². The second-order valence-corrected chi connectivity index (χ2v) is 4.29. The molecular weight excluding hydrogens is 324 g/mol. The maximum Gasteiger partial charge on any atom is 0.133 e. The quantitative estimate of drug-likeness (QED) is 0.777. The van der Waals surface area contributed by atoms with Gasteiger partial charge in [0.1, 0.15) is 11.5 Å². The third-order valence-corrected chi connectivity index (χ3v) is 2.88. The number of alkyl halides is 1. The van der Waals surface area contributed by atoms with Gasteiger partial charge in [-0.15, -0.1) is 0 Å². The fourth-order valence-corrected chi connectivity index (χ4v) is 1.86. The van der Waals surface area contributed by atoms with Gasteiger partial charge < -0.3 is 9.47 Å². The zero-order valence-electron chi connectivity index (χ0n) is 8.59. The average Bonchev–Trinajstić information content (AvgIpc) is 2.26. The molecule has 0 fully saturated rings. The van der Waals surface area contributed by atoms with Crippen LogP contribution in [0.5, 0.6) is 11.5 Å². The van der Waals surface area contributed by atoms with Crippen LogP contribution in [0, 0.1) is 0 Å². The Balaban J connectivity index is 3.16. The second-order valence-electron chi connectivity index (χ2n) is 2.79. The molecule has 0 spiro atoms. The molecule has 0 N–H and O–H groups in total. The van der Waals surface area contributed by atoms with Crippen LogP contribution in [-0.4, -0.2) is 19.5 Å². The Morgan fingerprint density at radius 1 is 1.20 bits per heavy atom. The zero-order chi connectivity index (χ0) is 11.3. The predicted molar refractivity (Wildman–Crippen MR) is 70.1 cm³/mol. The molecule has 0 radical (unpaired) electrons. The molecule has 0 unspecified atom stereocenters. The third-order valence-electron chi connectivity index (χ3n) is 1.89. The molecule has 0 saturated heterocycles. The Kier molecular flexibility index (Phi) is 5.19. The van der Waals surface area contributed by atoms with E-state index in [1.807, 2.05) is 24.3 Å². The maximum atomic E-state index is 5.27. The SMILES string of the molecule is COc1cc(C=CCBr)c(OC)cc1Br. The van der Waals surface area contributed by atoms with Gasteiger partial charge in [-0.25, -0.2) is 0 Å². The summed E-state index contributed by atoms with van der Waals surface area (Å²) in [6.07, 6.45) is 3.99. The molecule has 0 heterocycles. The molecule has 0 aliphatic rings. The van der Waals surface area contributed by atoms with Crippen molar-refractivity contribution in [2.24, 2.45) is 0 Å². The van der Waals surface area contributed by atoms with Crippen LogP contribution in [0.25, 0.3) is 6.08 Å². The molecule has 82 valence electrons. The van der Waals surface area contributed by atoms with Gasteiger partial charge in [-0.05, 0) is 28.1 Å². The second kappa shape index (κ2) is 6.18. The van der Waals surface area contributed by atoms with Crippen LogP contribution in [0.1, 0.15) is 5.56 Å². The van der Waals surface area contributed by atoms with Gasteiger partial charge in [0, 0.05) is 10.9 Å². The summed E-state index contributed by atoms with van der Waals surface area (Å²) in [5.74, 6) is 1.62. The van der Waals surface area contributed by atoms with Crippen molar-refractivity contribution in [3.8, 4) is 11.5 Å². The molecule has 1 rings (SSSR count). The molecule has 15 heavy (non-hydrogen) atoms. The number of methoxy groups -OCH3 is 2. The minimum atomic E-state index is 0.796. The van der Waals surface area contributed by atoms with Crippen LogP contribution in [0.4, 0.5) is 0 Å². The zero-order valence-corrected chi connectivity index (χ0v) is 11.8. The van der Waals surface area contributed by atoms with E-state index in [1.165, 1.54) is 0 Å². The highest BCUT2D eigenvalue weighted by molar-refractivity contribution is 9.10. The summed E-state index contributed by atoms with van der Waals surface area (Å²) in [4.78, 5) is 0. The van der Waals surface area contributed by atoms with E-state index < -0.39 is 0 Å². The lowest BCUT2D eigenvalue weighted by Gasteiger charge is -2.09. The normalized spacial score (nSPS) is 10.7. The number of benzene rings is 1. The molecule has 1 aromatic rings. The average molecular weight is 336 g/mol. The Labute approximate surface area is 107 Å². The predicted octanol–water partition coefficient (Wildman–Crippen LogP) is 3.87. The molecular formula is C11H12Br2O2. The topological polar surface area (TPSA) is 18.5 Å². The van der Waals surface area contributed by atoms with Gasteiger partial charge in [0.25, 0.3) is 0 Å². The lowest BCUT2D eigenvalue weighted by Crippen LogP contribution is -1.91. The number of allylic oxidation sites excluding steroid dienone is 1. The number of hydrogen-bond donors (Lipinski definition) is 0. The highest BCUT2D eigenvalue weighted by Crippen LogP contribution is 2.33. The van der Waals surface area contributed by atoms with Crippen molar-refractivity contribution in [1.29, 1.82) is 0 Å². The van der Waals surface area contributed by atoms with Crippen molar-refractivity contribution >= 4 is 37.9 Å². The third kappa shape index (κ3) is 3.24.